The topological polar surface area (TPSA) is 52.7 Å². The maximum Gasteiger partial charge on any atom is 0.227 e. The number of nitrogens with one attached hydrogen (secondary N) is 1. The lowest BCUT2D eigenvalue weighted by Crippen LogP contribution is -2.49. The molecule has 1 fully saturated rings. The van der Waals surface area contributed by atoms with Gasteiger partial charge in [-0.15, -0.1) is 0 Å². The standard InChI is InChI=1S/C28H31N3O2/c32-27(13-7-12-23-8-3-1-4-9-23)29-25-14-16-26(17-15-25)30-18-20-31(21-19-30)28(33)22-24-10-5-2-6-11-24/h1-6,8-11,14-17H,7,12-13,18-22H2,(H,29,32). The van der Waals surface area contributed by atoms with Crippen molar-refractivity contribution in [2.45, 2.75) is 25.7 Å². The zero-order valence-electron chi connectivity index (χ0n) is 19.0. The van der Waals surface area contributed by atoms with Crippen molar-refractivity contribution >= 4 is 23.2 Å². The molecule has 0 unspecified atom stereocenters. The van der Waals surface area contributed by atoms with Crippen molar-refractivity contribution in [3.63, 3.8) is 0 Å². The van der Waals surface area contributed by atoms with Crippen molar-refractivity contribution in [3.8, 4) is 0 Å². The molecular weight excluding hydrogens is 410 g/mol. The van der Waals surface area contributed by atoms with Crippen molar-refractivity contribution in [1.29, 1.82) is 0 Å². The molecule has 170 valence electrons. The summed E-state index contributed by atoms with van der Waals surface area (Å²) >= 11 is 0. The average Bonchev–Trinajstić information content (AvgIpc) is 2.86. The molecule has 1 aliphatic rings. The first kappa shape index (κ1) is 22.6. The fourth-order valence-electron chi connectivity index (χ4n) is 4.17. The lowest BCUT2D eigenvalue weighted by Gasteiger charge is -2.36. The summed E-state index contributed by atoms with van der Waals surface area (Å²) in [5, 5.41) is 2.99. The highest BCUT2D eigenvalue weighted by Crippen LogP contribution is 2.20. The molecule has 5 heteroatoms. The van der Waals surface area contributed by atoms with Gasteiger partial charge in [-0.05, 0) is 48.2 Å². The third-order valence-corrected chi connectivity index (χ3v) is 6.06. The van der Waals surface area contributed by atoms with E-state index in [4.69, 9.17) is 0 Å². The predicted molar refractivity (Wildman–Crippen MR) is 133 cm³/mol. The molecule has 1 N–H and O–H groups in total. The molecule has 3 aromatic rings. The highest BCUT2D eigenvalue weighted by molar-refractivity contribution is 5.90. The highest BCUT2D eigenvalue weighted by atomic mass is 16.2. The van der Waals surface area contributed by atoms with E-state index in [0.29, 0.717) is 12.8 Å². The summed E-state index contributed by atoms with van der Waals surface area (Å²) in [5.74, 6) is 0.232. The zero-order valence-corrected chi connectivity index (χ0v) is 19.0. The third-order valence-electron chi connectivity index (χ3n) is 6.06. The maximum atomic E-state index is 12.6. The molecule has 2 amide bonds. The molecule has 0 atom stereocenters. The van der Waals surface area contributed by atoms with E-state index in [9.17, 15) is 9.59 Å². The number of anilines is 2. The summed E-state index contributed by atoms with van der Waals surface area (Å²) in [5.41, 5.74) is 4.26. The zero-order chi connectivity index (χ0) is 22.9. The van der Waals surface area contributed by atoms with Crippen LogP contribution in [-0.4, -0.2) is 42.9 Å². The molecule has 5 nitrogen and oxygen atoms in total. The van der Waals surface area contributed by atoms with E-state index in [1.165, 1.54) is 5.56 Å². The van der Waals surface area contributed by atoms with Crippen LogP contribution in [0.25, 0.3) is 0 Å². The fraction of sp³-hybridized carbons (Fsp3) is 0.286. The van der Waals surface area contributed by atoms with Gasteiger partial charge in [0.1, 0.15) is 0 Å². The Bertz CT molecular complexity index is 1030. The Morgan fingerprint density at radius 2 is 1.33 bits per heavy atom. The molecule has 0 bridgehead atoms. The van der Waals surface area contributed by atoms with Gasteiger partial charge in [-0.3, -0.25) is 9.59 Å². The van der Waals surface area contributed by atoms with E-state index in [1.54, 1.807) is 0 Å². The second-order valence-electron chi connectivity index (χ2n) is 8.46. The number of aryl methyl sites for hydroxylation is 1. The molecule has 0 spiro atoms. The Kier molecular flexibility index (Phi) is 7.75. The SMILES string of the molecule is O=C(CCCc1ccccc1)Nc1ccc(N2CCN(C(=O)Cc3ccccc3)CC2)cc1. The molecule has 4 rings (SSSR count). The minimum atomic E-state index is 0.0456. The number of amides is 2. The number of piperazine rings is 1. The third kappa shape index (κ3) is 6.69. The number of carbonyl (C=O) groups is 2. The second-order valence-corrected chi connectivity index (χ2v) is 8.46. The van der Waals surface area contributed by atoms with Gasteiger partial charge in [-0.2, -0.15) is 0 Å². The molecule has 3 aromatic carbocycles. The molecule has 0 radical (unpaired) electrons. The average molecular weight is 442 g/mol. The van der Waals surface area contributed by atoms with E-state index in [2.05, 4.69) is 22.3 Å². The summed E-state index contributed by atoms with van der Waals surface area (Å²) in [6.45, 7) is 3.08. The number of carbonyl (C=O) groups excluding carboxylic acids is 2. The largest absolute Gasteiger partial charge is 0.368 e. The second kappa shape index (κ2) is 11.3. The van der Waals surface area contributed by atoms with Gasteiger partial charge in [0.15, 0.2) is 0 Å². The van der Waals surface area contributed by atoms with Gasteiger partial charge in [-0.1, -0.05) is 60.7 Å². The van der Waals surface area contributed by atoms with Crippen molar-refractivity contribution < 1.29 is 9.59 Å². The van der Waals surface area contributed by atoms with Crippen LogP contribution in [0.1, 0.15) is 24.0 Å². The van der Waals surface area contributed by atoms with E-state index < -0.39 is 0 Å². The van der Waals surface area contributed by atoms with Crippen LogP contribution in [0.5, 0.6) is 0 Å². The Balaban J connectivity index is 1.20. The van der Waals surface area contributed by atoms with Gasteiger partial charge in [0.25, 0.3) is 0 Å². The van der Waals surface area contributed by atoms with Gasteiger partial charge in [-0.25, -0.2) is 0 Å². The lowest BCUT2D eigenvalue weighted by molar-refractivity contribution is -0.130. The van der Waals surface area contributed by atoms with Gasteiger partial charge in [0.05, 0.1) is 6.42 Å². The maximum absolute atomic E-state index is 12.6. The minimum absolute atomic E-state index is 0.0456. The first-order chi connectivity index (χ1) is 16.2. The summed E-state index contributed by atoms with van der Waals surface area (Å²) in [6.07, 6.45) is 2.71. The summed E-state index contributed by atoms with van der Waals surface area (Å²) in [7, 11) is 0. The van der Waals surface area contributed by atoms with Crippen LogP contribution in [0.3, 0.4) is 0 Å². The molecule has 1 saturated heterocycles. The van der Waals surface area contributed by atoms with Crippen LogP contribution in [0.4, 0.5) is 11.4 Å². The van der Waals surface area contributed by atoms with E-state index in [1.807, 2.05) is 77.7 Å². The molecule has 33 heavy (non-hydrogen) atoms. The van der Waals surface area contributed by atoms with E-state index in [0.717, 1.165) is 56.0 Å². The van der Waals surface area contributed by atoms with Crippen molar-refractivity contribution in [1.82, 2.24) is 4.90 Å². The van der Waals surface area contributed by atoms with E-state index >= 15 is 0 Å². The van der Waals surface area contributed by atoms with Gasteiger partial charge < -0.3 is 15.1 Å². The summed E-state index contributed by atoms with van der Waals surface area (Å²) in [6, 6.07) is 28.1. The van der Waals surface area contributed by atoms with Crippen LogP contribution in [0, 0.1) is 0 Å². The minimum Gasteiger partial charge on any atom is -0.368 e. The number of benzene rings is 3. The number of hydrogen-bond acceptors (Lipinski definition) is 3. The Morgan fingerprint density at radius 1 is 0.727 bits per heavy atom. The molecule has 1 heterocycles. The van der Waals surface area contributed by atoms with Crippen LogP contribution in [0.15, 0.2) is 84.9 Å². The summed E-state index contributed by atoms with van der Waals surface area (Å²) in [4.78, 5) is 29.1. The quantitative estimate of drug-likeness (QED) is 0.558. The number of nitrogens with zero attached hydrogens (tertiary/aromatic N) is 2. The van der Waals surface area contributed by atoms with Gasteiger partial charge in [0, 0.05) is 44.0 Å². The fourth-order valence-corrected chi connectivity index (χ4v) is 4.17. The number of rotatable bonds is 8. The molecule has 0 aliphatic carbocycles. The van der Waals surface area contributed by atoms with Crippen molar-refractivity contribution in [2.24, 2.45) is 0 Å². The molecule has 1 aliphatic heterocycles. The number of hydrogen-bond donors (Lipinski definition) is 1. The van der Waals surface area contributed by atoms with Gasteiger partial charge >= 0.3 is 0 Å². The van der Waals surface area contributed by atoms with Crippen LogP contribution in [0.2, 0.25) is 0 Å². The van der Waals surface area contributed by atoms with Crippen molar-refractivity contribution in [2.75, 3.05) is 36.4 Å². The van der Waals surface area contributed by atoms with Crippen LogP contribution in [-0.2, 0) is 22.4 Å². The predicted octanol–water partition coefficient (Wildman–Crippen LogP) is 4.54. The van der Waals surface area contributed by atoms with E-state index in [-0.39, 0.29) is 11.8 Å². The van der Waals surface area contributed by atoms with Crippen LogP contribution >= 0.6 is 0 Å². The van der Waals surface area contributed by atoms with Gasteiger partial charge in [0.2, 0.25) is 11.8 Å². The molecule has 0 saturated carbocycles. The first-order valence-electron chi connectivity index (χ1n) is 11.7. The Hall–Kier alpha value is -3.60. The normalized spacial score (nSPS) is 13.6. The Morgan fingerprint density at radius 3 is 1.97 bits per heavy atom. The first-order valence-corrected chi connectivity index (χ1v) is 11.7. The monoisotopic (exact) mass is 441 g/mol. The van der Waals surface area contributed by atoms with Crippen molar-refractivity contribution in [3.05, 3.63) is 96.1 Å². The summed E-state index contributed by atoms with van der Waals surface area (Å²) < 4.78 is 0. The lowest BCUT2D eigenvalue weighted by atomic mass is 10.1. The highest BCUT2D eigenvalue weighted by Gasteiger charge is 2.21. The van der Waals surface area contributed by atoms with Crippen LogP contribution < -0.4 is 10.2 Å². The molecular formula is C28H31N3O2. The smallest absolute Gasteiger partial charge is 0.227 e. The Labute approximate surface area is 196 Å². The molecule has 0 aromatic heterocycles.